The molecule has 1 fully saturated rings. The van der Waals surface area contributed by atoms with E-state index < -0.39 is 0 Å². The van der Waals surface area contributed by atoms with E-state index in [1.54, 1.807) is 25.7 Å². The van der Waals surface area contributed by atoms with E-state index >= 15 is 0 Å². The number of ether oxygens (including phenoxy) is 2. The molecule has 1 aliphatic heterocycles. The van der Waals surface area contributed by atoms with Gasteiger partial charge in [-0.05, 0) is 24.3 Å². The first-order valence-corrected chi connectivity index (χ1v) is 9.19. The summed E-state index contributed by atoms with van der Waals surface area (Å²) in [5, 5.41) is 0. The Balaban J connectivity index is 1.51. The molecule has 0 unspecified atom stereocenters. The third-order valence-corrected chi connectivity index (χ3v) is 4.68. The summed E-state index contributed by atoms with van der Waals surface area (Å²) in [5.41, 5.74) is 0.616. The van der Waals surface area contributed by atoms with Gasteiger partial charge >= 0.3 is 0 Å². The van der Waals surface area contributed by atoms with Crippen LogP contribution in [-0.2, 0) is 4.74 Å². The fourth-order valence-corrected chi connectivity index (χ4v) is 3.05. The van der Waals surface area contributed by atoms with Crippen LogP contribution in [0.2, 0.25) is 0 Å². The minimum atomic E-state index is 0.0217. The highest BCUT2D eigenvalue weighted by molar-refractivity contribution is 5.94. The number of methoxy groups -OCH3 is 1. The number of likely N-dealkylation sites (tertiary alicyclic amines) is 1. The number of anilines is 1. The van der Waals surface area contributed by atoms with Gasteiger partial charge in [0.25, 0.3) is 5.91 Å². The molecule has 3 heterocycles. The molecular formula is C20H26N4O3. The van der Waals surface area contributed by atoms with Crippen molar-refractivity contribution in [1.82, 2.24) is 14.9 Å². The summed E-state index contributed by atoms with van der Waals surface area (Å²) in [6, 6.07) is 7.48. The molecule has 0 saturated carbocycles. The number of rotatable bonds is 7. The Labute approximate surface area is 159 Å². The maximum Gasteiger partial charge on any atom is 0.255 e. The molecule has 2 aromatic heterocycles. The number of carbonyl (C=O) groups excluding carboxylic acids is 1. The van der Waals surface area contributed by atoms with E-state index in [2.05, 4.69) is 9.97 Å². The van der Waals surface area contributed by atoms with Gasteiger partial charge in [-0.1, -0.05) is 0 Å². The van der Waals surface area contributed by atoms with Gasteiger partial charge in [0.15, 0.2) is 0 Å². The summed E-state index contributed by atoms with van der Waals surface area (Å²) in [7, 11) is 3.63. The predicted octanol–water partition coefficient (Wildman–Crippen LogP) is 2.24. The van der Waals surface area contributed by atoms with Crippen molar-refractivity contribution in [3.05, 3.63) is 48.4 Å². The number of amides is 1. The van der Waals surface area contributed by atoms with E-state index in [4.69, 9.17) is 9.47 Å². The van der Waals surface area contributed by atoms with Crippen molar-refractivity contribution in [3.63, 3.8) is 0 Å². The first kappa shape index (κ1) is 19.1. The topological polar surface area (TPSA) is 67.8 Å². The van der Waals surface area contributed by atoms with Crippen LogP contribution in [0.3, 0.4) is 0 Å². The monoisotopic (exact) mass is 370 g/mol. The third kappa shape index (κ3) is 5.17. The molecule has 1 aliphatic rings. The van der Waals surface area contributed by atoms with Crippen molar-refractivity contribution in [2.24, 2.45) is 0 Å². The van der Waals surface area contributed by atoms with Gasteiger partial charge in [-0.2, -0.15) is 0 Å². The Morgan fingerprint density at radius 2 is 2.07 bits per heavy atom. The lowest BCUT2D eigenvalue weighted by Gasteiger charge is -2.32. The Morgan fingerprint density at radius 3 is 2.70 bits per heavy atom. The summed E-state index contributed by atoms with van der Waals surface area (Å²) < 4.78 is 11.0. The van der Waals surface area contributed by atoms with Gasteiger partial charge in [0, 0.05) is 59.0 Å². The van der Waals surface area contributed by atoms with Gasteiger partial charge in [-0.3, -0.25) is 9.78 Å². The van der Waals surface area contributed by atoms with E-state index in [1.165, 1.54) is 0 Å². The zero-order chi connectivity index (χ0) is 19.1. The lowest BCUT2D eigenvalue weighted by Crippen LogP contribution is -2.41. The van der Waals surface area contributed by atoms with Gasteiger partial charge in [0.05, 0.1) is 18.4 Å². The first-order chi connectivity index (χ1) is 13.2. The zero-order valence-corrected chi connectivity index (χ0v) is 15.9. The Hall–Kier alpha value is -2.67. The van der Waals surface area contributed by atoms with Crippen LogP contribution < -0.4 is 9.64 Å². The quantitative estimate of drug-likeness (QED) is 0.745. The number of hydrogen-bond acceptors (Lipinski definition) is 6. The van der Waals surface area contributed by atoms with Gasteiger partial charge in [0.2, 0.25) is 0 Å². The van der Waals surface area contributed by atoms with Crippen LogP contribution in [0.5, 0.6) is 5.75 Å². The summed E-state index contributed by atoms with van der Waals surface area (Å²) in [4.78, 5) is 25.1. The third-order valence-electron chi connectivity index (χ3n) is 4.68. The smallest absolute Gasteiger partial charge is 0.255 e. The lowest BCUT2D eigenvalue weighted by atomic mass is 10.1. The van der Waals surface area contributed by atoms with Crippen molar-refractivity contribution in [1.29, 1.82) is 0 Å². The zero-order valence-electron chi connectivity index (χ0n) is 15.9. The molecule has 0 aromatic carbocycles. The molecule has 7 nitrogen and oxygen atoms in total. The average molecular weight is 370 g/mol. The largest absolute Gasteiger partial charge is 0.489 e. The second kappa shape index (κ2) is 9.32. The standard InChI is InChI=1S/C20H26N4O3/c1-23(12-13-26-2)19-6-5-16(14-22-19)20(25)24-10-7-17(8-11-24)27-18-4-3-9-21-15-18/h3-6,9,14-15,17H,7-8,10-13H2,1-2H3. The summed E-state index contributed by atoms with van der Waals surface area (Å²) in [5.74, 6) is 1.63. The van der Waals surface area contributed by atoms with Crippen molar-refractivity contribution in [2.45, 2.75) is 18.9 Å². The van der Waals surface area contributed by atoms with Crippen LogP contribution in [0, 0.1) is 0 Å². The molecular weight excluding hydrogens is 344 g/mol. The highest BCUT2D eigenvalue weighted by atomic mass is 16.5. The maximum absolute atomic E-state index is 12.7. The van der Waals surface area contributed by atoms with E-state index in [9.17, 15) is 4.79 Å². The fraction of sp³-hybridized carbons (Fsp3) is 0.450. The number of likely N-dealkylation sites (N-methyl/N-ethyl adjacent to an activating group) is 1. The molecule has 7 heteroatoms. The van der Waals surface area contributed by atoms with Crippen LogP contribution in [0.15, 0.2) is 42.9 Å². The molecule has 2 aromatic rings. The van der Waals surface area contributed by atoms with Crippen LogP contribution in [0.25, 0.3) is 0 Å². The molecule has 1 amide bonds. The molecule has 0 aliphatic carbocycles. The van der Waals surface area contributed by atoms with Gasteiger partial charge < -0.3 is 19.3 Å². The van der Waals surface area contributed by atoms with Crippen LogP contribution in [-0.4, -0.2) is 67.3 Å². The molecule has 0 bridgehead atoms. The Bertz CT molecular complexity index is 716. The molecule has 1 saturated heterocycles. The van der Waals surface area contributed by atoms with Gasteiger partial charge in [-0.15, -0.1) is 0 Å². The lowest BCUT2D eigenvalue weighted by molar-refractivity contribution is 0.0594. The van der Waals surface area contributed by atoms with Gasteiger partial charge in [0.1, 0.15) is 17.7 Å². The van der Waals surface area contributed by atoms with Crippen LogP contribution >= 0.6 is 0 Å². The maximum atomic E-state index is 12.7. The summed E-state index contributed by atoms with van der Waals surface area (Å²) >= 11 is 0. The fourth-order valence-electron chi connectivity index (χ4n) is 3.05. The minimum absolute atomic E-state index is 0.0217. The summed E-state index contributed by atoms with van der Waals surface area (Å²) in [6.45, 7) is 2.74. The van der Waals surface area contributed by atoms with E-state index in [-0.39, 0.29) is 12.0 Å². The van der Waals surface area contributed by atoms with Gasteiger partial charge in [-0.25, -0.2) is 4.98 Å². The SMILES string of the molecule is COCCN(C)c1ccc(C(=O)N2CCC(Oc3cccnc3)CC2)cn1. The summed E-state index contributed by atoms with van der Waals surface area (Å²) in [6.07, 6.45) is 6.84. The molecule has 144 valence electrons. The molecule has 0 spiro atoms. The average Bonchev–Trinajstić information content (AvgIpc) is 2.73. The van der Waals surface area contributed by atoms with E-state index in [0.29, 0.717) is 25.3 Å². The Kier molecular flexibility index (Phi) is 6.59. The second-order valence-electron chi connectivity index (χ2n) is 6.62. The number of hydrogen-bond donors (Lipinski definition) is 0. The molecule has 27 heavy (non-hydrogen) atoms. The number of nitrogens with zero attached hydrogens (tertiary/aromatic N) is 4. The van der Waals surface area contributed by atoms with Crippen LogP contribution in [0.4, 0.5) is 5.82 Å². The predicted molar refractivity (Wildman–Crippen MR) is 103 cm³/mol. The normalized spacial score (nSPS) is 14.8. The molecule has 0 atom stereocenters. The number of pyridine rings is 2. The molecule has 0 radical (unpaired) electrons. The highest BCUT2D eigenvalue weighted by Gasteiger charge is 2.25. The number of piperidine rings is 1. The minimum Gasteiger partial charge on any atom is -0.489 e. The Morgan fingerprint density at radius 1 is 1.26 bits per heavy atom. The van der Waals surface area contributed by atoms with Crippen molar-refractivity contribution in [2.75, 3.05) is 45.3 Å². The molecule has 0 N–H and O–H groups in total. The van der Waals surface area contributed by atoms with Crippen molar-refractivity contribution < 1.29 is 14.3 Å². The second-order valence-corrected chi connectivity index (χ2v) is 6.62. The first-order valence-electron chi connectivity index (χ1n) is 9.19. The van der Waals surface area contributed by atoms with E-state index in [0.717, 1.165) is 31.0 Å². The number of carbonyl (C=O) groups is 1. The van der Waals surface area contributed by atoms with Crippen molar-refractivity contribution >= 4 is 11.7 Å². The highest BCUT2D eigenvalue weighted by Crippen LogP contribution is 2.20. The van der Waals surface area contributed by atoms with Crippen molar-refractivity contribution in [3.8, 4) is 5.75 Å². The van der Waals surface area contributed by atoms with E-state index in [1.807, 2.05) is 41.1 Å². The molecule has 3 rings (SSSR count). The van der Waals surface area contributed by atoms with Crippen LogP contribution in [0.1, 0.15) is 23.2 Å². The number of aromatic nitrogens is 2.